The Kier molecular flexibility index (Phi) is 4.34. The van der Waals surface area contributed by atoms with E-state index >= 15 is 0 Å². The Morgan fingerprint density at radius 2 is 1.84 bits per heavy atom. The molecule has 2 saturated heterocycles. The lowest BCUT2D eigenvalue weighted by atomic mass is 9.98. The van der Waals surface area contributed by atoms with Crippen molar-refractivity contribution >= 4 is 51.1 Å². The van der Waals surface area contributed by atoms with Crippen molar-refractivity contribution in [2.24, 2.45) is 19.8 Å². The molecule has 0 aliphatic carbocycles. The summed E-state index contributed by atoms with van der Waals surface area (Å²) in [5.41, 5.74) is 8.27. The number of benzene rings is 1. The number of nitrogens with two attached hydrogens (primary N) is 1. The summed E-state index contributed by atoms with van der Waals surface area (Å²) in [7, 11) is 3.52. The summed E-state index contributed by atoms with van der Waals surface area (Å²) in [6, 6.07) is 4.47. The Bertz CT molecular complexity index is 1440. The van der Waals surface area contributed by atoms with Gasteiger partial charge in [-0.15, -0.1) is 0 Å². The zero-order chi connectivity index (χ0) is 22.3. The second-order valence-electron chi connectivity index (χ2n) is 8.83. The number of nitrogens with zero attached hydrogens (tertiary/aromatic N) is 6. The third kappa shape index (κ3) is 2.68. The van der Waals surface area contributed by atoms with Crippen LogP contribution in [0.25, 0.3) is 33.2 Å². The van der Waals surface area contributed by atoms with E-state index in [-0.39, 0.29) is 11.6 Å². The fraction of sp³-hybridized carbons (Fsp3) is 0.429. The highest BCUT2D eigenvalue weighted by Gasteiger charge is 2.41. The lowest BCUT2D eigenvalue weighted by molar-refractivity contribution is 0.405. The lowest BCUT2D eigenvalue weighted by Crippen LogP contribution is -2.49. The molecule has 0 spiro atoms. The van der Waals surface area contributed by atoms with Gasteiger partial charge in [-0.3, -0.25) is 19.1 Å². The summed E-state index contributed by atoms with van der Waals surface area (Å²) in [5.74, 6) is 0.650. The van der Waals surface area contributed by atoms with E-state index in [0.717, 1.165) is 25.7 Å². The van der Waals surface area contributed by atoms with Gasteiger partial charge >= 0.3 is 0 Å². The maximum Gasteiger partial charge on any atom is 0.266 e. The fourth-order valence-corrected chi connectivity index (χ4v) is 6.04. The Morgan fingerprint density at radius 1 is 1.12 bits per heavy atom. The van der Waals surface area contributed by atoms with Gasteiger partial charge in [-0.05, 0) is 37.8 Å². The molecule has 2 aliphatic heterocycles. The number of anilines is 1. The summed E-state index contributed by atoms with van der Waals surface area (Å²) in [6.07, 6.45) is 3.97. The normalized spacial score (nSPS) is 23.0. The van der Waals surface area contributed by atoms with Crippen LogP contribution in [0.2, 0.25) is 10.2 Å². The van der Waals surface area contributed by atoms with Gasteiger partial charge in [0.2, 0.25) is 5.95 Å². The number of nitrogens with one attached hydrogen (secondary N) is 1. The molecule has 166 valence electrons. The van der Waals surface area contributed by atoms with Crippen molar-refractivity contribution in [3.05, 3.63) is 32.7 Å². The predicted molar refractivity (Wildman–Crippen MR) is 125 cm³/mol. The molecule has 4 aromatic rings. The number of fused-ring (bicyclic) bond motifs is 4. The molecular weight excluding hydrogens is 451 g/mol. The van der Waals surface area contributed by atoms with Crippen LogP contribution in [0, 0.1) is 0 Å². The van der Waals surface area contributed by atoms with Crippen LogP contribution in [-0.4, -0.2) is 47.7 Å². The molecule has 0 saturated carbocycles. The molecular formula is C21H22Cl2N8O. The summed E-state index contributed by atoms with van der Waals surface area (Å²) < 4.78 is 3.19. The summed E-state index contributed by atoms with van der Waals surface area (Å²) in [4.78, 5) is 20.6. The van der Waals surface area contributed by atoms with Gasteiger partial charge in [0, 0.05) is 37.8 Å². The quantitative estimate of drug-likeness (QED) is 0.463. The van der Waals surface area contributed by atoms with Crippen LogP contribution in [-0.2, 0) is 14.1 Å². The van der Waals surface area contributed by atoms with Crippen molar-refractivity contribution in [1.29, 1.82) is 0 Å². The van der Waals surface area contributed by atoms with Crippen LogP contribution in [0.15, 0.2) is 16.9 Å². The van der Waals surface area contributed by atoms with Gasteiger partial charge in [0.1, 0.15) is 10.5 Å². The van der Waals surface area contributed by atoms with Gasteiger partial charge in [-0.2, -0.15) is 15.2 Å². The number of rotatable bonds is 2. The lowest BCUT2D eigenvalue weighted by Gasteiger charge is -2.38. The van der Waals surface area contributed by atoms with Crippen LogP contribution in [0.3, 0.4) is 0 Å². The molecule has 3 N–H and O–H groups in total. The highest BCUT2D eigenvalue weighted by atomic mass is 35.5. The van der Waals surface area contributed by atoms with Crippen LogP contribution in [0.1, 0.15) is 25.7 Å². The largest absolute Gasteiger partial charge is 0.336 e. The number of aromatic amines is 1. The highest BCUT2D eigenvalue weighted by Crippen LogP contribution is 2.40. The number of halogens is 2. The highest BCUT2D eigenvalue weighted by molar-refractivity contribution is 6.43. The van der Waals surface area contributed by atoms with E-state index in [9.17, 15) is 4.79 Å². The number of hydrogen-bond donors (Lipinski definition) is 2. The zero-order valence-corrected chi connectivity index (χ0v) is 19.2. The molecule has 0 amide bonds. The van der Waals surface area contributed by atoms with Gasteiger partial charge in [0.25, 0.3) is 5.56 Å². The zero-order valence-electron chi connectivity index (χ0n) is 17.6. The van der Waals surface area contributed by atoms with Crippen molar-refractivity contribution in [3.8, 4) is 11.3 Å². The molecule has 11 heteroatoms. The molecule has 2 atom stereocenters. The van der Waals surface area contributed by atoms with Crippen molar-refractivity contribution in [2.45, 2.75) is 43.8 Å². The van der Waals surface area contributed by atoms with Gasteiger partial charge in [-0.1, -0.05) is 23.2 Å². The smallest absolute Gasteiger partial charge is 0.266 e. The Labute approximate surface area is 193 Å². The molecule has 2 bridgehead atoms. The molecule has 1 aromatic carbocycles. The minimum atomic E-state index is -0.170. The monoisotopic (exact) mass is 472 g/mol. The van der Waals surface area contributed by atoms with E-state index in [1.807, 2.05) is 12.1 Å². The van der Waals surface area contributed by atoms with Crippen LogP contribution >= 0.6 is 23.2 Å². The number of aromatic nitrogens is 6. The number of aryl methyl sites for hydroxylation is 1. The third-order valence-corrected chi connectivity index (χ3v) is 7.74. The van der Waals surface area contributed by atoms with Crippen molar-refractivity contribution < 1.29 is 0 Å². The first-order valence-corrected chi connectivity index (χ1v) is 11.4. The molecule has 0 radical (unpaired) electrons. The molecule has 9 nitrogen and oxygen atoms in total. The maximum atomic E-state index is 13.5. The molecule has 3 aromatic heterocycles. The Balaban J connectivity index is 1.53. The molecule has 6 rings (SSSR count). The van der Waals surface area contributed by atoms with Crippen LogP contribution < -0.4 is 16.2 Å². The van der Waals surface area contributed by atoms with Crippen LogP contribution in [0.4, 0.5) is 5.95 Å². The molecule has 2 unspecified atom stereocenters. The van der Waals surface area contributed by atoms with Gasteiger partial charge in [-0.25, -0.2) is 0 Å². The summed E-state index contributed by atoms with van der Waals surface area (Å²) >= 11 is 13.1. The first-order valence-electron chi connectivity index (χ1n) is 10.6. The second-order valence-corrected chi connectivity index (χ2v) is 9.57. The van der Waals surface area contributed by atoms with Crippen LogP contribution in [0.5, 0.6) is 0 Å². The first kappa shape index (κ1) is 20.0. The van der Waals surface area contributed by atoms with Gasteiger partial charge in [0.15, 0.2) is 5.65 Å². The average Bonchev–Trinajstić information content (AvgIpc) is 3.38. The minimum absolute atomic E-state index is 0.170. The SMILES string of the molecule is Cn1nc2ccc(-c3[nH]nc4nc(N5C6CCC5CC(N)C6)n(C)c(=O)c34)c(Cl)c2c1Cl. The van der Waals surface area contributed by atoms with Crippen molar-refractivity contribution in [3.63, 3.8) is 0 Å². The summed E-state index contributed by atoms with van der Waals surface area (Å²) in [6.45, 7) is 0. The fourth-order valence-electron chi connectivity index (χ4n) is 5.42. The molecule has 5 heterocycles. The van der Waals surface area contributed by atoms with E-state index in [1.54, 1.807) is 23.3 Å². The molecule has 2 aliphatic rings. The standard InChI is InChI=1S/C21H22Cl2N8O/c1-29-20(32)15-17(12-5-6-13-14(16(12)22)18(23)30(2)28-13)26-27-19(15)25-21(29)31-10-3-4-11(31)8-9(24)7-10/h5-6,9-11H,3-4,7-8,24H2,1-2H3,(H,26,27). The number of piperidine rings is 1. The molecule has 2 fully saturated rings. The number of hydrogen-bond acceptors (Lipinski definition) is 6. The number of H-pyrrole nitrogens is 1. The minimum Gasteiger partial charge on any atom is -0.336 e. The van der Waals surface area contributed by atoms with E-state index in [2.05, 4.69) is 20.2 Å². The Hall–Kier alpha value is -2.62. The van der Waals surface area contributed by atoms with E-state index in [0.29, 0.717) is 61.4 Å². The van der Waals surface area contributed by atoms with Crippen molar-refractivity contribution in [1.82, 2.24) is 29.5 Å². The predicted octanol–water partition coefficient (Wildman–Crippen LogP) is 2.98. The molecule has 32 heavy (non-hydrogen) atoms. The average molecular weight is 473 g/mol. The van der Waals surface area contributed by atoms with Gasteiger partial charge in [0.05, 0.1) is 21.6 Å². The summed E-state index contributed by atoms with van der Waals surface area (Å²) in [5, 5.41) is 13.6. The Morgan fingerprint density at radius 3 is 2.56 bits per heavy atom. The van der Waals surface area contributed by atoms with E-state index in [1.165, 1.54) is 0 Å². The maximum absolute atomic E-state index is 13.5. The van der Waals surface area contributed by atoms with Crippen molar-refractivity contribution in [2.75, 3.05) is 4.90 Å². The van der Waals surface area contributed by atoms with Gasteiger partial charge < -0.3 is 10.6 Å². The third-order valence-electron chi connectivity index (χ3n) is 6.91. The topological polar surface area (TPSA) is 111 Å². The first-order chi connectivity index (χ1) is 15.3. The van der Waals surface area contributed by atoms with E-state index < -0.39 is 0 Å². The van der Waals surface area contributed by atoms with E-state index in [4.69, 9.17) is 33.9 Å². The second kappa shape index (κ2) is 6.94.